The summed E-state index contributed by atoms with van der Waals surface area (Å²) in [5.41, 5.74) is 0. The maximum absolute atomic E-state index is 12.2. The van der Waals surface area contributed by atoms with Crippen LogP contribution in [0.1, 0.15) is 6.42 Å². The molecule has 0 aromatic carbocycles. The van der Waals surface area contributed by atoms with Crippen LogP contribution in [-0.2, 0) is 14.3 Å². The summed E-state index contributed by atoms with van der Waals surface area (Å²) in [6, 6.07) is -1.91. The van der Waals surface area contributed by atoms with Crippen LogP contribution in [0.15, 0.2) is 0 Å². The van der Waals surface area contributed by atoms with Gasteiger partial charge in [0.05, 0.1) is 0 Å². The number of carbonyl (C=O) groups excluding carboxylic acids is 1. The standard InChI is InChI=1S/C9H11F6NO4/c1-20-3-2-4(7(18)19)16-6(17)5(8(10,11)12)9(13,14)15/h4-5H,2-3H2,1H3,(H,16,17)(H,18,19). The third-order valence-electron chi connectivity index (χ3n) is 2.14. The van der Waals surface area contributed by atoms with Gasteiger partial charge in [0.25, 0.3) is 0 Å². The average Bonchev–Trinajstić information content (AvgIpc) is 2.19. The third kappa shape index (κ3) is 5.63. The molecule has 1 unspecified atom stereocenters. The van der Waals surface area contributed by atoms with Crippen molar-refractivity contribution in [2.45, 2.75) is 24.8 Å². The van der Waals surface area contributed by atoms with Gasteiger partial charge >= 0.3 is 18.3 Å². The number of nitrogens with one attached hydrogen (secondary N) is 1. The van der Waals surface area contributed by atoms with E-state index in [1.807, 2.05) is 0 Å². The molecule has 118 valence electrons. The number of ether oxygens (including phenoxy) is 1. The van der Waals surface area contributed by atoms with Crippen molar-refractivity contribution in [1.29, 1.82) is 0 Å². The lowest BCUT2D eigenvalue weighted by atomic mass is 10.1. The van der Waals surface area contributed by atoms with E-state index in [0.717, 1.165) is 7.11 Å². The van der Waals surface area contributed by atoms with Gasteiger partial charge in [0, 0.05) is 20.1 Å². The Hall–Kier alpha value is -1.52. The van der Waals surface area contributed by atoms with Gasteiger partial charge in [-0.1, -0.05) is 0 Å². The molecule has 2 N–H and O–H groups in total. The van der Waals surface area contributed by atoms with Crippen LogP contribution in [0.25, 0.3) is 0 Å². The molecule has 0 aliphatic rings. The molecule has 0 spiro atoms. The molecule has 5 nitrogen and oxygen atoms in total. The molecule has 0 aromatic heterocycles. The fourth-order valence-electron chi connectivity index (χ4n) is 1.23. The molecule has 0 aliphatic heterocycles. The van der Waals surface area contributed by atoms with Gasteiger partial charge in [0.15, 0.2) is 0 Å². The van der Waals surface area contributed by atoms with Crippen LogP contribution in [0, 0.1) is 5.92 Å². The van der Waals surface area contributed by atoms with Crippen molar-refractivity contribution in [2.75, 3.05) is 13.7 Å². The number of hydrogen-bond acceptors (Lipinski definition) is 3. The fourth-order valence-corrected chi connectivity index (χ4v) is 1.23. The number of carboxylic acids is 1. The molecule has 0 radical (unpaired) electrons. The molecule has 0 saturated heterocycles. The SMILES string of the molecule is COCCC(NC(=O)C(C(F)(F)F)C(F)(F)F)C(=O)O. The molecule has 0 heterocycles. The minimum atomic E-state index is -5.87. The molecule has 0 aromatic rings. The fraction of sp³-hybridized carbons (Fsp3) is 0.778. The molecule has 1 amide bonds. The smallest absolute Gasteiger partial charge is 0.409 e. The zero-order valence-corrected chi connectivity index (χ0v) is 10.0. The number of rotatable bonds is 6. The van der Waals surface area contributed by atoms with Gasteiger partial charge < -0.3 is 15.2 Å². The van der Waals surface area contributed by atoms with E-state index < -0.39 is 42.6 Å². The first-order valence-electron chi connectivity index (χ1n) is 5.06. The summed E-state index contributed by atoms with van der Waals surface area (Å²) in [6.45, 7) is -0.264. The van der Waals surface area contributed by atoms with Gasteiger partial charge in [-0.15, -0.1) is 0 Å². The van der Waals surface area contributed by atoms with Gasteiger partial charge in [0.2, 0.25) is 11.8 Å². The van der Waals surface area contributed by atoms with E-state index in [1.165, 1.54) is 5.32 Å². The van der Waals surface area contributed by atoms with Crippen LogP contribution >= 0.6 is 0 Å². The number of alkyl halides is 6. The zero-order valence-electron chi connectivity index (χ0n) is 10.0. The Bertz CT molecular complexity index is 339. The Morgan fingerprint density at radius 3 is 1.90 bits per heavy atom. The highest BCUT2D eigenvalue weighted by Gasteiger charge is 2.61. The van der Waals surface area contributed by atoms with Crippen LogP contribution in [0.5, 0.6) is 0 Å². The Morgan fingerprint density at radius 2 is 1.60 bits per heavy atom. The van der Waals surface area contributed by atoms with E-state index in [2.05, 4.69) is 4.74 Å². The first kappa shape index (κ1) is 18.5. The number of methoxy groups -OCH3 is 1. The van der Waals surface area contributed by atoms with Crippen molar-refractivity contribution in [2.24, 2.45) is 5.92 Å². The summed E-state index contributed by atoms with van der Waals surface area (Å²) in [5.74, 6) is -8.51. The number of amides is 1. The predicted octanol–water partition coefficient (Wildman–Crippen LogP) is 1.33. The Kier molecular flexibility index (Phi) is 6.26. The molecule has 0 bridgehead atoms. The van der Waals surface area contributed by atoms with E-state index in [1.54, 1.807) is 0 Å². The molecule has 0 aliphatic carbocycles. The highest BCUT2D eigenvalue weighted by atomic mass is 19.4. The van der Waals surface area contributed by atoms with Crippen LogP contribution in [-0.4, -0.2) is 49.1 Å². The van der Waals surface area contributed by atoms with Crippen molar-refractivity contribution >= 4 is 11.9 Å². The van der Waals surface area contributed by atoms with Crippen molar-refractivity contribution in [1.82, 2.24) is 5.32 Å². The maximum Gasteiger partial charge on any atom is 0.409 e. The lowest BCUT2D eigenvalue weighted by molar-refractivity contribution is -0.274. The first-order chi connectivity index (χ1) is 8.91. The molecular formula is C9H11F6NO4. The monoisotopic (exact) mass is 311 g/mol. The molecule has 0 rings (SSSR count). The number of carboxylic acid groups (broad SMARTS) is 1. The summed E-state index contributed by atoms with van der Waals surface area (Å²) in [6.07, 6.45) is -12.2. The number of carbonyl (C=O) groups is 2. The normalized spacial score (nSPS) is 14.2. The summed E-state index contributed by atoms with van der Waals surface area (Å²) in [5, 5.41) is 9.81. The zero-order chi connectivity index (χ0) is 16.1. The van der Waals surface area contributed by atoms with Gasteiger partial charge in [0.1, 0.15) is 6.04 Å². The highest BCUT2D eigenvalue weighted by Crippen LogP contribution is 2.39. The van der Waals surface area contributed by atoms with Gasteiger partial charge in [-0.3, -0.25) is 4.79 Å². The van der Waals surface area contributed by atoms with E-state index in [9.17, 15) is 35.9 Å². The Labute approximate surface area is 108 Å². The average molecular weight is 311 g/mol. The summed E-state index contributed by atoms with van der Waals surface area (Å²) < 4.78 is 77.7. The van der Waals surface area contributed by atoms with E-state index in [4.69, 9.17) is 5.11 Å². The van der Waals surface area contributed by atoms with Crippen molar-refractivity contribution < 1.29 is 45.8 Å². The number of hydrogen-bond donors (Lipinski definition) is 2. The summed E-state index contributed by atoms with van der Waals surface area (Å²) in [7, 11) is 1.15. The summed E-state index contributed by atoms with van der Waals surface area (Å²) >= 11 is 0. The van der Waals surface area contributed by atoms with E-state index in [-0.39, 0.29) is 6.61 Å². The molecular weight excluding hydrogens is 300 g/mol. The van der Waals surface area contributed by atoms with Crippen LogP contribution in [0.4, 0.5) is 26.3 Å². The summed E-state index contributed by atoms with van der Waals surface area (Å²) in [4.78, 5) is 21.7. The predicted molar refractivity (Wildman–Crippen MR) is 51.7 cm³/mol. The van der Waals surface area contributed by atoms with Crippen LogP contribution in [0.3, 0.4) is 0 Å². The van der Waals surface area contributed by atoms with Crippen molar-refractivity contribution in [3.05, 3.63) is 0 Å². The van der Waals surface area contributed by atoms with Gasteiger partial charge in [-0.2, -0.15) is 26.3 Å². The second-order valence-corrected chi connectivity index (χ2v) is 3.70. The molecule has 1 atom stereocenters. The number of halogens is 6. The lowest BCUT2D eigenvalue weighted by Crippen LogP contribution is -2.52. The third-order valence-corrected chi connectivity index (χ3v) is 2.14. The van der Waals surface area contributed by atoms with Crippen LogP contribution < -0.4 is 5.32 Å². The van der Waals surface area contributed by atoms with Crippen LogP contribution in [0.2, 0.25) is 0 Å². The highest BCUT2D eigenvalue weighted by molar-refractivity contribution is 5.85. The molecule has 11 heteroatoms. The van der Waals surface area contributed by atoms with Crippen molar-refractivity contribution in [3.8, 4) is 0 Å². The van der Waals surface area contributed by atoms with Gasteiger partial charge in [-0.05, 0) is 0 Å². The topological polar surface area (TPSA) is 75.6 Å². The first-order valence-corrected chi connectivity index (χ1v) is 5.06. The maximum atomic E-state index is 12.2. The number of aliphatic carboxylic acids is 1. The second-order valence-electron chi connectivity index (χ2n) is 3.70. The van der Waals surface area contributed by atoms with Crippen molar-refractivity contribution in [3.63, 3.8) is 0 Å². The largest absolute Gasteiger partial charge is 0.480 e. The minimum absolute atomic E-state index is 0.264. The Morgan fingerprint density at radius 1 is 1.15 bits per heavy atom. The lowest BCUT2D eigenvalue weighted by Gasteiger charge is -2.24. The van der Waals surface area contributed by atoms with Gasteiger partial charge in [-0.25, -0.2) is 4.79 Å². The quantitative estimate of drug-likeness (QED) is 0.726. The molecule has 0 saturated carbocycles. The van der Waals surface area contributed by atoms with E-state index >= 15 is 0 Å². The Balaban J connectivity index is 5.04. The van der Waals surface area contributed by atoms with E-state index in [0.29, 0.717) is 0 Å². The molecule has 0 fully saturated rings. The minimum Gasteiger partial charge on any atom is -0.480 e. The second kappa shape index (κ2) is 6.77. The molecule has 20 heavy (non-hydrogen) atoms.